The van der Waals surface area contributed by atoms with Crippen molar-refractivity contribution >= 4 is 35.1 Å². The number of nitrogens with one attached hydrogen (secondary N) is 3. The molecule has 1 aliphatic heterocycles. The monoisotopic (exact) mass is 415 g/mol. The number of anilines is 1. The van der Waals surface area contributed by atoms with Crippen molar-refractivity contribution in [3.8, 4) is 0 Å². The number of hydrogen-bond acceptors (Lipinski definition) is 7. The molecule has 0 spiro atoms. The Balaban J connectivity index is 1.87. The highest BCUT2D eigenvalue weighted by atomic mass is 35.5. The van der Waals surface area contributed by atoms with Gasteiger partial charge >= 0.3 is 11.9 Å². The lowest BCUT2D eigenvalue weighted by atomic mass is 10.2. The van der Waals surface area contributed by atoms with Crippen LogP contribution in [-0.4, -0.2) is 23.6 Å². The molecule has 0 bridgehead atoms. The van der Waals surface area contributed by atoms with Gasteiger partial charge in [-0.25, -0.2) is 9.59 Å². The number of hydrogen-bond donors (Lipinski definition) is 3. The summed E-state index contributed by atoms with van der Waals surface area (Å²) >= 11 is 5.82. The molecule has 0 aromatic heterocycles. The number of amides is 1. The summed E-state index contributed by atoms with van der Waals surface area (Å²) in [7, 11) is 0. The minimum absolute atomic E-state index is 0.0935. The van der Waals surface area contributed by atoms with Crippen LogP contribution in [0, 0.1) is 0 Å². The van der Waals surface area contributed by atoms with Crippen molar-refractivity contribution < 1.29 is 23.9 Å². The summed E-state index contributed by atoms with van der Waals surface area (Å²) in [5, 5.41) is 3.37. The van der Waals surface area contributed by atoms with Crippen molar-refractivity contribution in [2.75, 3.05) is 5.32 Å². The molecule has 2 aromatic rings. The number of halogens is 1. The Kier molecular flexibility index (Phi) is 5.74. The molecule has 0 aliphatic carbocycles. The molecular formula is C20H18ClN3O5. The third-order valence-electron chi connectivity index (χ3n) is 3.79. The summed E-state index contributed by atoms with van der Waals surface area (Å²) in [5.41, 5.74) is 5.47. The van der Waals surface area contributed by atoms with Gasteiger partial charge in [-0.15, -0.1) is 0 Å². The van der Waals surface area contributed by atoms with Crippen LogP contribution in [0.2, 0.25) is 5.02 Å². The van der Waals surface area contributed by atoms with E-state index in [9.17, 15) is 14.4 Å². The Hall–Kier alpha value is -3.52. The summed E-state index contributed by atoms with van der Waals surface area (Å²) in [6, 6.07) is 14.9. The Labute approximate surface area is 171 Å². The van der Waals surface area contributed by atoms with Gasteiger partial charge in [0.1, 0.15) is 5.82 Å². The van der Waals surface area contributed by atoms with Crippen LogP contribution in [0.15, 0.2) is 66.0 Å². The lowest BCUT2D eigenvalue weighted by molar-refractivity contribution is -0.222. The van der Waals surface area contributed by atoms with Crippen LogP contribution in [0.3, 0.4) is 0 Å². The molecular weight excluding hydrogens is 398 g/mol. The van der Waals surface area contributed by atoms with E-state index in [-0.39, 0.29) is 5.82 Å². The lowest BCUT2D eigenvalue weighted by Gasteiger charge is -2.31. The number of hydrazine groups is 1. The topological polar surface area (TPSA) is 106 Å². The number of carbonyl (C=O) groups is 3. The number of ether oxygens (including phenoxy) is 2. The van der Waals surface area contributed by atoms with Crippen molar-refractivity contribution in [1.29, 1.82) is 0 Å². The largest absolute Gasteiger partial charge is 0.419 e. The molecule has 8 nitrogen and oxygen atoms in total. The second-order valence-corrected chi connectivity index (χ2v) is 6.94. The van der Waals surface area contributed by atoms with E-state index in [0.29, 0.717) is 16.3 Å². The van der Waals surface area contributed by atoms with Crippen molar-refractivity contribution in [3.63, 3.8) is 0 Å². The SMILES string of the molecule is CC1(C)OC(=O)C(=C(NNC(=O)c2ccc(Cl)cc2)Nc2ccccc2)C(=O)O1. The van der Waals surface area contributed by atoms with Crippen molar-refractivity contribution in [1.82, 2.24) is 10.9 Å². The van der Waals surface area contributed by atoms with E-state index in [1.807, 2.05) is 0 Å². The molecule has 1 saturated heterocycles. The number of rotatable bonds is 5. The summed E-state index contributed by atoms with van der Waals surface area (Å²) in [6.45, 7) is 2.89. The molecule has 29 heavy (non-hydrogen) atoms. The van der Waals surface area contributed by atoms with Crippen LogP contribution in [0.5, 0.6) is 0 Å². The van der Waals surface area contributed by atoms with Gasteiger partial charge in [-0.1, -0.05) is 29.8 Å². The normalized spacial score (nSPS) is 15.1. The highest BCUT2D eigenvalue weighted by molar-refractivity contribution is 6.30. The third kappa shape index (κ3) is 5.05. The van der Waals surface area contributed by atoms with E-state index in [4.69, 9.17) is 21.1 Å². The van der Waals surface area contributed by atoms with Crippen molar-refractivity contribution in [3.05, 3.63) is 76.6 Å². The maximum absolute atomic E-state index is 12.4. The van der Waals surface area contributed by atoms with Crippen LogP contribution in [0.25, 0.3) is 0 Å². The van der Waals surface area contributed by atoms with Crippen molar-refractivity contribution in [2.24, 2.45) is 0 Å². The number of carbonyl (C=O) groups excluding carboxylic acids is 3. The number of benzene rings is 2. The van der Waals surface area contributed by atoms with Gasteiger partial charge in [0.25, 0.3) is 11.7 Å². The minimum atomic E-state index is -1.39. The molecule has 150 valence electrons. The number of cyclic esters (lactones) is 2. The van der Waals surface area contributed by atoms with Crippen LogP contribution in [0.1, 0.15) is 24.2 Å². The Morgan fingerprint density at radius 1 is 0.897 bits per heavy atom. The average molecular weight is 416 g/mol. The summed E-state index contributed by atoms with van der Waals surface area (Å²) in [4.78, 5) is 37.2. The molecule has 1 aliphatic rings. The first-order valence-electron chi connectivity index (χ1n) is 8.60. The summed E-state index contributed by atoms with van der Waals surface area (Å²) in [6.07, 6.45) is 0. The maximum Gasteiger partial charge on any atom is 0.352 e. The first-order chi connectivity index (χ1) is 13.7. The fourth-order valence-corrected chi connectivity index (χ4v) is 2.60. The molecule has 3 N–H and O–H groups in total. The second-order valence-electron chi connectivity index (χ2n) is 6.51. The molecule has 0 radical (unpaired) electrons. The van der Waals surface area contributed by atoms with Gasteiger partial charge in [-0.2, -0.15) is 0 Å². The smallest absolute Gasteiger partial charge is 0.352 e. The predicted octanol–water partition coefficient (Wildman–Crippen LogP) is 2.73. The molecule has 0 atom stereocenters. The summed E-state index contributed by atoms with van der Waals surface area (Å²) < 4.78 is 10.3. The number of para-hydroxylation sites is 1. The van der Waals surface area contributed by atoms with E-state index in [1.54, 1.807) is 42.5 Å². The molecule has 1 amide bonds. The second kappa shape index (κ2) is 8.24. The van der Waals surface area contributed by atoms with Gasteiger partial charge in [-0.3, -0.25) is 15.6 Å². The molecule has 9 heteroatoms. The highest BCUT2D eigenvalue weighted by Crippen LogP contribution is 2.24. The van der Waals surface area contributed by atoms with Crippen LogP contribution >= 0.6 is 11.6 Å². The zero-order valence-corrected chi connectivity index (χ0v) is 16.4. The Morgan fingerprint density at radius 3 is 2.07 bits per heavy atom. The highest BCUT2D eigenvalue weighted by Gasteiger charge is 2.41. The molecule has 2 aromatic carbocycles. The quantitative estimate of drug-likeness (QED) is 0.298. The predicted molar refractivity (Wildman–Crippen MR) is 105 cm³/mol. The number of esters is 2. The fourth-order valence-electron chi connectivity index (χ4n) is 2.47. The molecule has 1 heterocycles. The summed E-state index contributed by atoms with van der Waals surface area (Å²) in [5.74, 6) is -3.77. The first kappa shape index (κ1) is 20.2. The Bertz CT molecular complexity index is 949. The van der Waals surface area contributed by atoms with Gasteiger partial charge in [0.05, 0.1) is 0 Å². The van der Waals surface area contributed by atoms with E-state index in [2.05, 4.69) is 16.2 Å². The first-order valence-corrected chi connectivity index (χ1v) is 8.98. The van der Waals surface area contributed by atoms with E-state index in [0.717, 1.165) is 0 Å². The van der Waals surface area contributed by atoms with E-state index < -0.39 is 29.2 Å². The third-order valence-corrected chi connectivity index (χ3v) is 4.04. The van der Waals surface area contributed by atoms with Crippen LogP contribution < -0.4 is 16.2 Å². The van der Waals surface area contributed by atoms with Crippen LogP contribution in [0.4, 0.5) is 5.69 Å². The molecule has 0 unspecified atom stereocenters. The van der Waals surface area contributed by atoms with Crippen LogP contribution in [-0.2, 0) is 19.1 Å². The van der Waals surface area contributed by atoms with Crippen molar-refractivity contribution in [2.45, 2.75) is 19.6 Å². The zero-order chi connectivity index (χ0) is 21.0. The lowest BCUT2D eigenvalue weighted by Crippen LogP contribution is -2.46. The van der Waals surface area contributed by atoms with E-state index >= 15 is 0 Å². The standard InChI is InChI=1S/C20H18ClN3O5/c1-20(2)28-18(26)15(19(27)29-20)16(22-14-6-4-3-5-7-14)23-24-17(25)12-8-10-13(21)11-9-12/h3-11,22-23H,1-2H3,(H,24,25). The van der Waals surface area contributed by atoms with E-state index in [1.165, 1.54) is 26.0 Å². The van der Waals surface area contributed by atoms with Gasteiger partial charge in [-0.05, 0) is 36.4 Å². The van der Waals surface area contributed by atoms with Gasteiger partial charge in [0, 0.05) is 30.1 Å². The van der Waals surface area contributed by atoms with Gasteiger partial charge < -0.3 is 14.8 Å². The van der Waals surface area contributed by atoms with Gasteiger partial charge in [0.2, 0.25) is 0 Å². The molecule has 3 rings (SSSR count). The van der Waals surface area contributed by atoms with Gasteiger partial charge in [0.15, 0.2) is 5.57 Å². The molecule has 0 saturated carbocycles. The zero-order valence-electron chi connectivity index (χ0n) is 15.6. The fraction of sp³-hybridized carbons (Fsp3) is 0.150. The minimum Gasteiger partial charge on any atom is -0.419 e. The molecule has 1 fully saturated rings. The average Bonchev–Trinajstić information content (AvgIpc) is 2.65. The maximum atomic E-state index is 12.4. The Morgan fingerprint density at radius 2 is 1.48 bits per heavy atom.